The summed E-state index contributed by atoms with van der Waals surface area (Å²) in [5, 5.41) is 8.84. The third kappa shape index (κ3) is 3.50. The van der Waals surface area contributed by atoms with Crippen LogP contribution in [0.1, 0.15) is 5.56 Å². The first-order chi connectivity index (χ1) is 10.5. The SMILES string of the molecule is O=C(O)C1=CN(Cc2ccccc2F)S(=O)(=O)N=C1C(F)(F)F. The molecule has 23 heavy (non-hydrogen) atoms. The smallest absolute Gasteiger partial charge is 0.435 e. The molecule has 0 spiro atoms. The highest BCUT2D eigenvalue weighted by Crippen LogP contribution is 2.29. The lowest BCUT2D eigenvalue weighted by molar-refractivity contribution is -0.132. The van der Waals surface area contributed by atoms with E-state index >= 15 is 0 Å². The zero-order chi connectivity index (χ0) is 17.4. The Bertz CT molecular complexity index is 815. The number of nitrogens with zero attached hydrogens (tertiary/aromatic N) is 2. The third-order valence-electron chi connectivity index (χ3n) is 2.81. The van der Waals surface area contributed by atoms with Crippen molar-refractivity contribution in [2.75, 3.05) is 0 Å². The maximum Gasteiger partial charge on any atom is 0.435 e. The Morgan fingerprint density at radius 1 is 1.26 bits per heavy atom. The minimum atomic E-state index is -5.26. The molecule has 0 aromatic heterocycles. The molecule has 0 saturated heterocycles. The van der Waals surface area contributed by atoms with E-state index in [1.54, 1.807) is 0 Å². The monoisotopic (exact) mass is 352 g/mol. The van der Waals surface area contributed by atoms with E-state index in [2.05, 4.69) is 4.40 Å². The molecule has 0 saturated carbocycles. The molecule has 0 atom stereocenters. The van der Waals surface area contributed by atoms with Crippen LogP contribution in [0.25, 0.3) is 0 Å². The Hall–Kier alpha value is -2.43. The fourth-order valence-corrected chi connectivity index (χ4v) is 2.85. The molecular weight excluding hydrogens is 344 g/mol. The van der Waals surface area contributed by atoms with Crippen molar-refractivity contribution in [3.63, 3.8) is 0 Å². The molecule has 6 nitrogen and oxygen atoms in total. The molecule has 0 unspecified atom stereocenters. The minimum Gasteiger partial charge on any atom is -0.478 e. The summed E-state index contributed by atoms with van der Waals surface area (Å²) in [6.45, 7) is -0.694. The molecule has 11 heteroatoms. The molecule has 1 N–H and O–H groups in total. The Balaban J connectivity index is 2.49. The van der Waals surface area contributed by atoms with Gasteiger partial charge in [0.05, 0.1) is 6.54 Å². The van der Waals surface area contributed by atoms with E-state index in [9.17, 15) is 30.8 Å². The summed E-state index contributed by atoms with van der Waals surface area (Å²) in [5.41, 5.74) is -3.53. The van der Waals surface area contributed by atoms with Gasteiger partial charge in [-0.1, -0.05) is 18.2 Å². The fraction of sp³-hybridized carbons (Fsp3) is 0.167. The number of carbonyl (C=O) groups is 1. The highest BCUT2D eigenvalue weighted by atomic mass is 32.2. The molecule has 1 aromatic carbocycles. The molecule has 0 aliphatic carbocycles. The van der Waals surface area contributed by atoms with Crippen LogP contribution < -0.4 is 0 Å². The number of benzene rings is 1. The second kappa shape index (κ2) is 5.65. The first kappa shape index (κ1) is 16.9. The maximum atomic E-state index is 13.5. The largest absolute Gasteiger partial charge is 0.478 e. The Kier molecular flexibility index (Phi) is 4.16. The van der Waals surface area contributed by atoms with Crippen LogP contribution in [0.15, 0.2) is 40.4 Å². The lowest BCUT2D eigenvalue weighted by Gasteiger charge is -2.24. The summed E-state index contributed by atoms with van der Waals surface area (Å²) in [6, 6.07) is 4.96. The van der Waals surface area contributed by atoms with Gasteiger partial charge in [0.25, 0.3) is 0 Å². The predicted octanol–water partition coefficient (Wildman–Crippen LogP) is 1.86. The lowest BCUT2D eigenvalue weighted by atomic mass is 10.1. The van der Waals surface area contributed by atoms with Gasteiger partial charge < -0.3 is 5.11 Å². The number of carboxylic acids is 1. The van der Waals surface area contributed by atoms with Crippen LogP contribution in [-0.2, 0) is 21.5 Å². The van der Waals surface area contributed by atoms with Crippen molar-refractivity contribution in [1.29, 1.82) is 0 Å². The first-order valence-electron chi connectivity index (χ1n) is 5.90. The van der Waals surface area contributed by atoms with Crippen LogP contribution >= 0.6 is 0 Å². The third-order valence-corrected chi connectivity index (χ3v) is 4.05. The average Bonchev–Trinajstić information content (AvgIpc) is 2.41. The van der Waals surface area contributed by atoms with Crippen LogP contribution in [0, 0.1) is 5.82 Å². The zero-order valence-corrected chi connectivity index (χ0v) is 11.9. The number of carboxylic acid groups (broad SMARTS) is 1. The number of alkyl halides is 3. The maximum absolute atomic E-state index is 13.5. The molecule has 2 rings (SSSR count). The minimum absolute atomic E-state index is 0.150. The quantitative estimate of drug-likeness (QED) is 0.841. The van der Waals surface area contributed by atoms with Crippen LogP contribution in [-0.4, -0.2) is 35.7 Å². The van der Waals surface area contributed by atoms with Crippen LogP contribution in [0.4, 0.5) is 17.6 Å². The first-order valence-corrected chi connectivity index (χ1v) is 7.30. The molecule has 0 radical (unpaired) electrons. The lowest BCUT2D eigenvalue weighted by Crippen LogP contribution is -2.38. The van der Waals surface area contributed by atoms with E-state index < -0.39 is 46.0 Å². The second-order valence-corrected chi connectivity index (χ2v) is 5.95. The van der Waals surface area contributed by atoms with Crippen LogP contribution in [0.2, 0.25) is 0 Å². The Morgan fingerprint density at radius 2 is 1.87 bits per heavy atom. The van der Waals surface area contributed by atoms with Gasteiger partial charge in [0, 0.05) is 11.8 Å². The summed E-state index contributed by atoms with van der Waals surface area (Å²) in [7, 11) is -4.84. The summed E-state index contributed by atoms with van der Waals surface area (Å²) >= 11 is 0. The molecule has 1 heterocycles. The van der Waals surface area contributed by atoms with Gasteiger partial charge in [0.1, 0.15) is 11.4 Å². The van der Waals surface area contributed by atoms with Crippen molar-refractivity contribution >= 4 is 21.9 Å². The number of hydrogen-bond donors (Lipinski definition) is 1. The molecule has 0 bridgehead atoms. The van der Waals surface area contributed by atoms with Gasteiger partial charge in [0.2, 0.25) is 0 Å². The van der Waals surface area contributed by atoms with E-state index in [0.29, 0.717) is 0 Å². The van der Waals surface area contributed by atoms with E-state index in [0.717, 1.165) is 6.07 Å². The zero-order valence-electron chi connectivity index (χ0n) is 11.1. The molecular formula is C12H8F4N2O4S. The van der Waals surface area contributed by atoms with Crippen molar-refractivity contribution in [2.45, 2.75) is 12.7 Å². The van der Waals surface area contributed by atoms with Gasteiger partial charge in [-0.3, -0.25) is 4.31 Å². The second-order valence-electron chi connectivity index (χ2n) is 4.40. The van der Waals surface area contributed by atoms with Gasteiger partial charge in [-0.2, -0.15) is 21.6 Å². The van der Waals surface area contributed by atoms with Gasteiger partial charge in [0.15, 0.2) is 5.71 Å². The number of aliphatic carboxylic acids is 1. The summed E-state index contributed by atoms with van der Waals surface area (Å²) < 4.78 is 78.1. The highest BCUT2D eigenvalue weighted by molar-refractivity contribution is 7.88. The van der Waals surface area contributed by atoms with E-state index in [1.165, 1.54) is 18.2 Å². The van der Waals surface area contributed by atoms with Gasteiger partial charge in [-0.05, 0) is 6.07 Å². The molecule has 124 valence electrons. The summed E-state index contributed by atoms with van der Waals surface area (Å²) in [4.78, 5) is 10.9. The van der Waals surface area contributed by atoms with Gasteiger partial charge in [-0.25, -0.2) is 9.18 Å². The van der Waals surface area contributed by atoms with E-state index in [-0.39, 0.29) is 16.1 Å². The van der Waals surface area contributed by atoms with Crippen molar-refractivity contribution in [3.8, 4) is 0 Å². The average molecular weight is 352 g/mol. The Labute approximate surface area is 127 Å². The molecule has 1 aromatic rings. The fourth-order valence-electron chi connectivity index (χ4n) is 1.77. The topological polar surface area (TPSA) is 87.0 Å². The normalized spacial score (nSPS) is 17.5. The Morgan fingerprint density at radius 3 is 2.39 bits per heavy atom. The highest BCUT2D eigenvalue weighted by Gasteiger charge is 2.45. The molecule has 0 amide bonds. The molecule has 1 aliphatic heterocycles. The molecule has 1 aliphatic rings. The number of hydrogen-bond acceptors (Lipinski definition) is 3. The van der Waals surface area contributed by atoms with E-state index in [4.69, 9.17) is 5.11 Å². The van der Waals surface area contributed by atoms with Crippen molar-refractivity contribution in [1.82, 2.24) is 4.31 Å². The van der Waals surface area contributed by atoms with Gasteiger partial charge in [-0.15, -0.1) is 4.40 Å². The van der Waals surface area contributed by atoms with Crippen molar-refractivity contribution in [2.24, 2.45) is 4.40 Å². The van der Waals surface area contributed by atoms with E-state index in [1.807, 2.05) is 0 Å². The van der Waals surface area contributed by atoms with Crippen LogP contribution in [0.5, 0.6) is 0 Å². The summed E-state index contributed by atoms with van der Waals surface area (Å²) in [5.74, 6) is -2.80. The number of halogens is 4. The predicted molar refractivity (Wildman–Crippen MR) is 70.1 cm³/mol. The van der Waals surface area contributed by atoms with Crippen molar-refractivity contribution < 1.29 is 35.9 Å². The van der Waals surface area contributed by atoms with Gasteiger partial charge >= 0.3 is 22.4 Å². The molecule has 0 fully saturated rings. The summed E-state index contributed by atoms with van der Waals surface area (Å²) in [6.07, 6.45) is -4.98. The standard InChI is InChI=1S/C12H8F4N2O4S/c13-9-4-2-1-3-7(9)5-18-6-8(11(19)20)10(12(14,15)16)17-23(18,21)22/h1-4,6H,5H2,(H,19,20). The van der Waals surface area contributed by atoms with Crippen LogP contribution in [0.3, 0.4) is 0 Å². The number of rotatable bonds is 3. The van der Waals surface area contributed by atoms with Crippen molar-refractivity contribution in [3.05, 3.63) is 47.4 Å².